The molecular weight excluding hydrogens is 360 g/mol. The lowest BCUT2D eigenvalue weighted by atomic mass is 10.1. The van der Waals surface area contributed by atoms with Crippen LogP contribution in [-0.2, 0) is 17.8 Å². The highest BCUT2D eigenvalue weighted by atomic mass is 16.6. The van der Waals surface area contributed by atoms with Crippen molar-refractivity contribution in [3.63, 3.8) is 0 Å². The van der Waals surface area contributed by atoms with Gasteiger partial charge >= 0.3 is 5.97 Å². The molecule has 0 N–H and O–H groups in total. The first-order chi connectivity index (χ1) is 13.7. The molecule has 4 aromatic rings. The van der Waals surface area contributed by atoms with Crippen LogP contribution in [0.3, 0.4) is 0 Å². The highest BCUT2D eigenvalue weighted by molar-refractivity contribution is 5.89. The van der Waals surface area contributed by atoms with Crippen molar-refractivity contribution in [3.05, 3.63) is 71.9 Å². The lowest BCUT2D eigenvalue weighted by Gasteiger charge is -2.02. The molecule has 8 nitrogen and oxygen atoms in total. The molecule has 2 aromatic carbocycles. The maximum atomic E-state index is 12.2. The Balaban J connectivity index is 1.37. The third-order valence-electron chi connectivity index (χ3n) is 4.14. The molecule has 0 saturated carbocycles. The molecule has 140 valence electrons. The van der Waals surface area contributed by atoms with Crippen LogP contribution in [0.5, 0.6) is 0 Å². The predicted octanol–water partition coefficient (Wildman–Crippen LogP) is 3.71. The van der Waals surface area contributed by atoms with Crippen LogP contribution in [0.15, 0.2) is 63.9 Å². The largest absolute Gasteiger partial charge is 0.452 e. The first kappa shape index (κ1) is 17.6. The summed E-state index contributed by atoms with van der Waals surface area (Å²) in [5.41, 5.74) is 3.17. The number of carbonyl (C=O) groups excluding carboxylic acids is 1. The highest BCUT2D eigenvalue weighted by Gasteiger charge is 2.13. The summed E-state index contributed by atoms with van der Waals surface area (Å²) in [6.07, 6.45) is 2.21. The standard InChI is InChI=1S/C20H16N4O4/c1-2-13-3-5-14(6-4-13)18-22-17(28-24-18)11-26-20(25)16-9-7-15(8-10-16)19-23-21-12-27-19/h3-10,12H,2,11H2,1H3. The molecule has 2 aromatic heterocycles. The van der Waals surface area contributed by atoms with Crippen LogP contribution in [0.4, 0.5) is 0 Å². The van der Waals surface area contributed by atoms with Crippen LogP contribution in [0, 0.1) is 0 Å². The van der Waals surface area contributed by atoms with E-state index in [-0.39, 0.29) is 12.5 Å². The summed E-state index contributed by atoms with van der Waals surface area (Å²) < 4.78 is 15.5. The maximum Gasteiger partial charge on any atom is 0.338 e. The Kier molecular flexibility index (Phi) is 4.92. The fraction of sp³-hybridized carbons (Fsp3) is 0.150. The highest BCUT2D eigenvalue weighted by Crippen LogP contribution is 2.19. The summed E-state index contributed by atoms with van der Waals surface area (Å²) in [7, 11) is 0. The van der Waals surface area contributed by atoms with E-state index in [1.807, 2.05) is 24.3 Å². The second kappa shape index (κ2) is 7.83. The van der Waals surface area contributed by atoms with E-state index in [0.29, 0.717) is 22.8 Å². The van der Waals surface area contributed by atoms with Gasteiger partial charge in [-0.1, -0.05) is 36.3 Å². The Morgan fingerprint density at radius 2 is 1.79 bits per heavy atom. The summed E-state index contributed by atoms with van der Waals surface area (Å²) in [4.78, 5) is 16.5. The Bertz CT molecular complexity index is 1050. The van der Waals surface area contributed by atoms with Gasteiger partial charge in [0.05, 0.1) is 5.56 Å². The number of benzene rings is 2. The number of rotatable bonds is 6. The van der Waals surface area contributed by atoms with Gasteiger partial charge in [-0.15, -0.1) is 10.2 Å². The quantitative estimate of drug-likeness (QED) is 0.469. The zero-order valence-electron chi connectivity index (χ0n) is 15.0. The van der Waals surface area contributed by atoms with Gasteiger partial charge in [0.25, 0.3) is 5.89 Å². The third kappa shape index (κ3) is 3.80. The van der Waals surface area contributed by atoms with Crippen LogP contribution < -0.4 is 0 Å². The monoisotopic (exact) mass is 376 g/mol. The first-order valence-corrected chi connectivity index (χ1v) is 8.68. The van der Waals surface area contributed by atoms with E-state index in [1.165, 1.54) is 12.0 Å². The molecule has 2 heterocycles. The molecule has 0 aliphatic rings. The van der Waals surface area contributed by atoms with Crippen molar-refractivity contribution in [2.45, 2.75) is 20.0 Å². The van der Waals surface area contributed by atoms with E-state index >= 15 is 0 Å². The van der Waals surface area contributed by atoms with Crippen LogP contribution in [0.2, 0.25) is 0 Å². The number of esters is 1. The topological polar surface area (TPSA) is 104 Å². The van der Waals surface area contributed by atoms with Crippen molar-refractivity contribution in [1.29, 1.82) is 0 Å². The molecule has 0 spiro atoms. The van der Waals surface area contributed by atoms with Gasteiger partial charge in [-0.3, -0.25) is 0 Å². The number of carbonyl (C=O) groups is 1. The van der Waals surface area contributed by atoms with Crippen LogP contribution >= 0.6 is 0 Å². The number of ether oxygens (including phenoxy) is 1. The van der Waals surface area contributed by atoms with E-state index in [9.17, 15) is 4.79 Å². The smallest absolute Gasteiger partial charge is 0.338 e. The molecular formula is C20H16N4O4. The Labute approximate surface area is 160 Å². The van der Waals surface area contributed by atoms with E-state index in [4.69, 9.17) is 13.7 Å². The molecule has 0 unspecified atom stereocenters. The molecule has 0 aliphatic heterocycles. The number of aromatic nitrogens is 4. The molecule has 0 aliphatic carbocycles. The van der Waals surface area contributed by atoms with E-state index < -0.39 is 5.97 Å². The minimum absolute atomic E-state index is 0.107. The van der Waals surface area contributed by atoms with Crippen molar-refractivity contribution in [3.8, 4) is 22.8 Å². The minimum atomic E-state index is -0.496. The maximum absolute atomic E-state index is 12.2. The van der Waals surface area contributed by atoms with Crippen molar-refractivity contribution >= 4 is 5.97 Å². The molecule has 0 bridgehead atoms. The fourth-order valence-electron chi connectivity index (χ4n) is 2.58. The fourth-order valence-corrected chi connectivity index (χ4v) is 2.58. The Morgan fingerprint density at radius 1 is 1.04 bits per heavy atom. The van der Waals surface area contributed by atoms with Crippen molar-refractivity contribution in [1.82, 2.24) is 20.3 Å². The minimum Gasteiger partial charge on any atom is -0.452 e. The molecule has 0 amide bonds. The van der Waals surface area contributed by atoms with Gasteiger partial charge in [0.1, 0.15) is 0 Å². The second-order valence-electron chi connectivity index (χ2n) is 5.96. The normalized spacial score (nSPS) is 10.8. The predicted molar refractivity (Wildman–Crippen MR) is 98.0 cm³/mol. The average Bonchev–Trinajstić information content (AvgIpc) is 3.44. The summed E-state index contributed by atoms with van der Waals surface area (Å²) in [5.74, 6) is 0.567. The lowest BCUT2D eigenvalue weighted by Crippen LogP contribution is -2.05. The van der Waals surface area contributed by atoms with Crippen molar-refractivity contribution in [2.24, 2.45) is 0 Å². The zero-order chi connectivity index (χ0) is 19.3. The van der Waals surface area contributed by atoms with Crippen molar-refractivity contribution < 1.29 is 18.5 Å². The summed E-state index contributed by atoms with van der Waals surface area (Å²) in [6, 6.07) is 14.6. The van der Waals surface area contributed by atoms with Crippen LogP contribution in [0.1, 0.15) is 28.7 Å². The van der Waals surface area contributed by atoms with Gasteiger partial charge in [0.15, 0.2) is 6.61 Å². The van der Waals surface area contributed by atoms with E-state index in [1.54, 1.807) is 24.3 Å². The van der Waals surface area contributed by atoms with Gasteiger partial charge < -0.3 is 13.7 Å². The zero-order valence-corrected chi connectivity index (χ0v) is 15.0. The SMILES string of the molecule is CCc1ccc(-c2noc(COC(=O)c3ccc(-c4nnco4)cc3)n2)cc1. The van der Waals surface area contributed by atoms with Gasteiger partial charge in [-0.05, 0) is 36.2 Å². The summed E-state index contributed by atoms with van der Waals surface area (Å²) in [6.45, 7) is 1.98. The van der Waals surface area contributed by atoms with Crippen LogP contribution in [0.25, 0.3) is 22.8 Å². The number of aryl methyl sites for hydroxylation is 1. The average molecular weight is 376 g/mol. The van der Waals surface area contributed by atoms with E-state index in [0.717, 1.165) is 12.0 Å². The summed E-state index contributed by atoms with van der Waals surface area (Å²) in [5, 5.41) is 11.4. The third-order valence-corrected chi connectivity index (χ3v) is 4.14. The Hall–Kier alpha value is -3.81. The van der Waals surface area contributed by atoms with Gasteiger partial charge in [-0.25, -0.2) is 4.79 Å². The Morgan fingerprint density at radius 3 is 2.46 bits per heavy atom. The van der Waals surface area contributed by atoms with E-state index in [2.05, 4.69) is 27.3 Å². The number of hydrogen-bond donors (Lipinski definition) is 0. The van der Waals surface area contributed by atoms with Crippen LogP contribution in [-0.4, -0.2) is 26.3 Å². The summed E-state index contributed by atoms with van der Waals surface area (Å²) >= 11 is 0. The number of nitrogens with zero attached hydrogens (tertiary/aromatic N) is 4. The molecule has 0 radical (unpaired) electrons. The van der Waals surface area contributed by atoms with Gasteiger partial charge in [-0.2, -0.15) is 4.98 Å². The van der Waals surface area contributed by atoms with Gasteiger partial charge in [0, 0.05) is 11.1 Å². The number of hydrogen-bond acceptors (Lipinski definition) is 8. The molecule has 0 atom stereocenters. The molecule has 8 heteroatoms. The van der Waals surface area contributed by atoms with Crippen molar-refractivity contribution in [2.75, 3.05) is 0 Å². The molecule has 0 saturated heterocycles. The first-order valence-electron chi connectivity index (χ1n) is 8.68. The molecule has 28 heavy (non-hydrogen) atoms. The second-order valence-corrected chi connectivity index (χ2v) is 5.96. The molecule has 4 rings (SSSR count). The van der Waals surface area contributed by atoms with Gasteiger partial charge in [0.2, 0.25) is 18.1 Å². The lowest BCUT2D eigenvalue weighted by molar-refractivity contribution is 0.0430. The molecule has 0 fully saturated rings.